The van der Waals surface area contributed by atoms with E-state index in [0.717, 1.165) is 5.56 Å². The third-order valence-electron chi connectivity index (χ3n) is 4.66. The van der Waals surface area contributed by atoms with E-state index in [1.807, 2.05) is 0 Å². The topological polar surface area (TPSA) is 39.1 Å². The fourth-order valence-corrected chi connectivity index (χ4v) is 3.71. The van der Waals surface area contributed by atoms with Gasteiger partial charge in [-0.3, -0.25) is 0 Å². The van der Waals surface area contributed by atoms with E-state index in [0.29, 0.717) is 24.5 Å². The molecule has 2 bridgehead atoms. The molecule has 3 heteroatoms. The van der Waals surface area contributed by atoms with E-state index in [1.54, 1.807) is 0 Å². The first kappa shape index (κ1) is 12.5. The first-order chi connectivity index (χ1) is 9.31. The van der Waals surface area contributed by atoms with Gasteiger partial charge in [0.2, 0.25) is 0 Å². The summed E-state index contributed by atoms with van der Waals surface area (Å²) in [5.74, 6) is 0. The van der Waals surface area contributed by atoms with Crippen LogP contribution in [0.2, 0.25) is 0 Å². The maximum absolute atomic E-state index is 8.72. The minimum absolute atomic E-state index is 0.509. The van der Waals surface area contributed by atoms with Crippen molar-refractivity contribution in [3.63, 3.8) is 0 Å². The summed E-state index contributed by atoms with van der Waals surface area (Å²) >= 11 is 0. The van der Waals surface area contributed by atoms with E-state index in [2.05, 4.69) is 47.6 Å². The van der Waals surface area contributed by atoms with Gasteiger partial charge in [-0.05, 0) is 50.4 Å². The van der Waals surface area contributed by atoms with Gasteiger partial charge in [-0.1, -0.05) is 12.1 Å². The predicted molar refractivity (Wildman–Crippen MR) is 77.1 cm³/mol. The number of hydrogen-bond acceptors (Lipinski definition) is 3. The molecular formula is C16H21N3. The lowest BCUT2D eigenvalue weighted by atomic mass is 9.96. The molecule has 0 spiro atoms. The summed E-state index contributed by atoms with van der Waals surface area (Å²) in [6, 6.07) is 12.9. The highest BCUT2D eigenvalue weighted by Gasteiger charge is 2.40. The van der Waals surface area contributed by atoms with Crippen LogP contribution >= 0.6 is 0 Å². The molecule has 0 amide bonds. The monoisotopic (exact) mass is 255 g/mol. The molecule has 0 aliphatic carbocycles. The Morgan fingerprint density at radius 1 is 1.21 bits per heavy atom. The summed E-state index contributed by atoms with van der Waals surface area (Å²) in [4.78, 5) is 2.62. The summed E-state index contributed by atoms with van der Waals surface area (Å²) in [7, 11) is 2.08. The van der Waals surface area contributed by atoms with E-state index >= 15 is 0 Å². The molecule has 2 unspecified atom stereocenters. The molecule has 1 aromatic rings. The lowest BCUT2D eigenvalue weighted by Gasteiger charge is -2.40. The third-order valence-corrected chi connectivity index (χ3v) is 4.66. The molecule has 1 aromatic carbocycles. The van der Waals surface area contributed by atoms with E-state index in [1.165, 1.54) is 31.4 Å². The Kier molecular flexibility index (Phi) is 3.44. The molecule has 1 N–H and O–H groups in total. The Bertz CT molecular complexity index is 460. The summed E-state index contributed by atoms with van der Waals surface area (Å²) in [6.07, 6.45) is 5.67. The van der Waals surface area contributed by atoms with Gasteiger partial charge in [0.25, 0.3) is 0 Å². The zero-order valence-corrected chi connectivity index (χ0v) is 11.5. The zero-order chi connectivity index (χ0) is 13.2. The minimum atomic E-state index is 0.509. The third kappa shape index (κ3) is 2.33. The highest BCUT2D eigenvalue weighted by molar-refractivity contribution is 5.51. The van der Waals surface area contributed by atoms with Gasteiger partial charge in [0.05, 0.1) is 12.5 Å². The smallest absolute Gasteiger partial charge is 0.0669 e. The van der Waals surface area contributed by atoms with Gasteiger partial charge in [0, 0.05) is 23.8 Å². The lowest BCUT2D eigenvalue weighted by molar-refractivity contribution is 0.374. The maximum Gasteiger partial charge on any atom is 0.0669 e. The lowest BCUT2D eigenvalue weighted by Crippen LogP contribution is -2.48. The average Bonchev–Trinajstić information content (AvgIpc) is 2.70. The number of fused-ring (bicyclic) bond motifs is 2. The second kappa shape index (κ2) is 5.22. The number of nitrogens with zero attached hydrogens (tertiary/aromatic N) is 2. The Balaban J connectivity index is 1.78. The summed E-state index contributed by atoms with van der Waals surface area (Å²) < 4.78 is 0. The Labute approximate surface area is 115 Å². The second-order valence-corrected chi connectivity index (χ2v) is 5.75. The first-order valence-corrected chi connectivity index (χ1v) is 7.23. The van der Waals surface area contributed by atoms with Crippen molar-refractivity contribution in [1.82, 2.24) is 5.32 Å². The molecule has 0 saturated carbocycles. The molecule has 2 saturated heterocycles. The molecule has 0 aromatic heterocycles. The standard InChI is InChI=1S/C16H21N3/c1-18-13-10-15-6-7-16(11-13)19(15)14-4-2-12(3-5-14)8-9-17/h2-5,13,15-16,18H,6-8,10-11H2,1H3. The number of rotatable bonds is 3. The quantitative estimate of drug-likeness (QED) is 0.902. The summed E-state index contributed by atoms with van der Waals surface area (Å²) in [6.45, 7) is 0. The van der Waals surface area contributed by atoms with Crippen molar-refractivity contribution in [3.8, 4) is 6.07 Å². The maximum atomic E-state index is 8.72. The molecular weight excluding hydrogens is 234 g/mol. The molecule has 2 aliphatic heterocycles. The van der Waals surface area contributed by atoms with E-state index in [-0.39, 0.29) is 0 Å². The van der Waals surface area contributed by atoms with E-state index in [9.17, 15) is 0 Å². The van der Waals surface area contributed by atoms with Crippen LogP contribution in [0.15, 0.2) is 24.3 Å². The van der Waals surface area contributed by atoms with Crippen molar-refractivity contribution in [3.05, 3.63) is 29.8 Å². The van der Waals surface area contributed by atoms with Crippen molar-refractivity contribution in [2.75, 3.05) is 11.9 Å². The molecule has 3 rings (SSSR count). The zero-order valence-electron chi connectivity index (χ0n) is 11.5. The van der Waals surface area contributed by atoms with Crippen LogP contribution in [0.3, 0.4) is 0 Å². The van der Waals surface area contributed by atoms with Crippen LogP contribution in [0.25, 0.3) is 0 Å². The number of piperidine rings is 1. The number of hydrogen-bond donors (Lipinski definition) is 1. The van der Waals surface area contributed by atoms with Crippen LogP contribution in [0, 0.1) is 11.3 Å². The number of benzene rings is 1. The Morgan fingerprint density at radius 2 is 1.84 bits per heavy atom. The average molecular weight is 255 g/mol. The van der Waals surface area contributed by atoms with Crippen molar-refractivity contribution >= 4 is 5.69 Å². The minimum Gasteiger partial charge on any atom is -0.365 e. The van der Waals surface area contributed by atoms with Gasteiger partial charge in [0.1, 0.15) is 0 Å². The summed E-state index contributed by atoms with van der Waals surface area (Å²) in [5, 5.41) is 12.2. The highest BCUT2D eigenvalue weighted by atomic mass is 15.2. The van der Waals surface area contributed by atoms with Gasteiger partial charge < -0.3 is 10.2 Å². The molecule has 2 aliphatic rings. The van der Waals surface area contributed by atoms with Crippen LogP contribution in [-0.2, 0) is 6.42 Å². The normalized spacial score (nSPS) is 29.3. The molecule has 0 radical (unpaired) electrons. The van der Waals surface area contributed by atoms with Crippen LogP contribution in [0.4, 0.5) is 5.69 Å². The Hall–Kier alpha value is -1.53. The van der Waals surface area contributed by atoms with Crippen molar-refractivity contribution < 1.29 is 0 Å². The van der Waals surface area contributed by atoms with Gasteiger partial charge in [-0.15, -0.1) is 0 Å². The number of nitrogens with one attached hydrogen (secondary N) is 1. The van der Waals surface area contributed by atoms with Crippen molar-refractivity contribution in [2.24, 2.45) is 0 Å². The van der Waals surface area contributed by atoms with Gasteiger partial charge >= 0.3 is 0 Å². The van der Waals surface area contributed by atoms with E-state index < -0.39 is 0 Å². The van der Waals surface area contributed by atoms with Gasteiger partial charge in [-0.2, -0.15) is 5.26 Å². The van der Waals surface area contributed by atoms with Crippen molar-refractivity contribution in [2.45, 2.75) is 50.2 Å². The highest BCUT2D eigenvalue weighted by Crippen LogP contribution is 2.39. The molecule has 19 heavy (non-hydrogen) atoms. The largest absolute Gasteiger partial charge is 0.365 e. The SMILES string of the molecule is CNC1CC2CCC(C1)N2c1ccc(CC#N)cc1. The molecule has 100 valence electrons. The van der Waals surface area contributed by atoms with E-state index in [4.69, 9.17) is 5.26 Å². The second-order valence-electron chi connectivity index (χ2n) is 5.75. The van der Waals surface area contributed by atoms with Crippen LogP contribution in [0.5, 0.6) is 0 Å². The molecule has 2 fully saturated rings. The van der Waals surface area contributed by atoms with Gasteiger partial charge in [-0.25, -0.2) is 0 Å². The van der Waals surface area contributed by atoms with Crippen LogP contribution in [-0.4, -0.2) is 25.2 Å². The molecule has 3 nitrogen and oxygen atoms in total. The van der Waals surface area contributed by atoms with Crippen LogP contribution in [0.1, 0.15) is 31.2 Å². The van der Waals surface area contributed by atoms with Crippen LogP contribution < -0.4 is 10.2 Å². The van der Waals surface area contributed by atoms with Gasteiger partial charge in [0.15, 0.2) is 0 Å². The summed E-state index contributed by atoms with van der Waals surface area (Å²) in [5.41, 5.74) is 2.45. The number of nitriles is 1. The fraction of sp³-hybridized carbons (Fsp3) is 0.562. The van der Waals surface area contributed by atoms with Crippen molar-refractivity contribution in [1.29, 1.82) is 5.26 Å². The Morgan fingerprint density at radius 3 is 2.37 bits per heavy atom. The molecule has 2 atom stereocenters. The number of anilines is 1. The molecule has 2 heterocycles. The predicted octanol–water partition coefficient (Wildman–Crippen LogP) is 2.47. The fourth-order valence-electron chi connectivity index (χ4n) is 3.71. The first-order valence-electron chi connectivity index (χ1n) is 7.23.